The van der Waals surface area contributed by atoms with Crippen LogP contribution in [-0.4, -0.2) is 56.5 Å². The minimum absolute atomic E-state index is 0.194. The van der Waals surface area contributed by atoms with Crippen LogP contribution in [0.4, 0.5) is 0 Å². The molecular weight excluding hydrogens is 477 g/mol. The fourth-order valence-corrected chi connectivity index (χ4v) is 3.62. The van der Waals surface area contributed by atoms with E-state index in [-0.39, 0.29) is 19.1 Å². The maximum absolute atomic E-state index is 12.1. The van der Waals surface area contributed by atoms with Crippen LogP contribution in [-0.2, 0) is 16.1 Å². The summed E-state index contributed by atoms with van der Waals surface area (Å²) in [6.45, 7) is 5.53. The lowest BCUT2D eigenvalue weighted by Crippen LogP contribution is -2.42. The van der Waals surface area contributed by atoms with Crippen LogP contribution >= 0.6 is 34.8 Å². The van der Waals surface area contributed by atoms with Gasteiger partial charge in [0.15, 0.2) is 11.5 Å². The molecular formula is C22H24Cl3N3O4. The van der Waals surface area contributed by atoms with Gasteiger partial charge in [0, 0.05) is 13.1 Å². The monoisotopic (exact) mass is 499 g/mol. The molecule has 2 aromatic rings. The normalized spacial score (nSPS) is 14.5. The highest BCUT2D eigenvalue weighted by atomic mass is 35.5. The molecule has 0 atom stereocenters. The number of nitrogens with zero attached hydrogens (tertiary/aromatic N) is 2. The average Bonchev–Trinajstić information content (AvgIpc) is 2.76. The van der Waals surface area contributed by atoms with Gasteiger partial charge in [-0.2, -0.15) is 5.10 Å². The molecule has 1 N–H and O–H groups in total. The Kier molecular flexibility index (Phi) is 9.44. The van der Waals surface area contributed by atoms with E-state index in [1.807, 2.05) is 17.9 Å². The van der Waals surface area contributed by atoms with Gasteiger partial charge >= 0.3 is 0 Å². The third kappa shape index (κ3) is 7.25. The second-order valence-electron chi connectivity index (χ2n) is 6.98. The highest BCUT2D eigenvalue weighted by molar-refractivity contribution is 6.42. The number of rotatable bonds is 9. The maximum atomic E-state index is 12.1. The van der Waals surface area contributed by atoms with Gasteiger partial charge in [0.25, 0.3) is 5.91 Å². The number of amides is 1. The Hall–Kier alpha value is -2.03. The maximum Gasteiger partial charge on any atom is 0.254 e. The summed E-state index contributed by atoms with van der Waals surface area (Å²) in [4.78, 5) is 14.1. The van der Waals surface area contributed by atoms with Crippen LogP contribution in [0.15, 0.2) is 35.4 Å². The first kappa shape index (κ1) is 24.6. The zero-order chi connectivity index (χ0) is 22.9. The van der Waals surface area contributed by atoms with Crippen LogP contribution in [0.25, 0.3) is 0 Å². The van der Waals surface area contributed by atoms with Gasteiger partial charge in [0.05, 0.1) is 47.6 Å². The highest BCUT2D eigenvalue weighted by Gasteiger charge is 2.15. The average molecular weight is 501 g/mol. The van der Waals surface area contributed by atoms with Gasteiger partial charge in [0.2, 0.25) is 0 Å². The summed E-state index contributed by atoms with van der Waals surface area (Å²) in [7, 11) is 0. The van der Waals surface area contributed by atoms with E-state index in [9.17, 15) is 4.79 Å². The van der Waals surface area contributed by atoms with E-state index < -0.39 is 0 Å². The van der Waals surface area contributed by atoms with Crippen LogP contribution in [0.1, 0.15) is 18.1 Å². The van der Waals surface area contributed by atoms with Crippen molar-refractivity contribution in [3.8, 4) is 11.5 Å². The van der Waals surface area contributed by atoms with E-state index in [1.54, 1.807) is 24.3 Å². The van der Waals surface area contributed by atoms with E-state index >= 15 is 0 Å². The van der Waals surface area contributed by atoms with E-state index in [0.717, 1.165) is 18.7 Å². The Balaban J connectivity index is 1.63. The summed E-state index contributed by atoms with van der Waals surface area (Å²) < 4.78 is 16.9. The molecule has 2 aromatic carbocycles. The van der Waals surface area contributed by atoms with E-state index in [4.69, 9.17) is 49.0 Å². The molecule has 1 aliphatic heterocycles. The molecule has 1 amide bonds. The molecule has 32 heavy (non-hydrogen) atoms. The number of morpholine rings is 1. The van der Waals surface area contributed by atoms with E-state index in [1.165, 1.54) is 6.21 Å². The van der Waals surface area contributed by atoms with Gasteiger partial charge < -0.3 is 14.2 Å². The zero-order valence-corrected chi connectivity index (χ0v) is 19.8. The fraction of sp³-hybridized carbons (Fsp3) is 0.364. The van der Waals surface area contributed by atoms with Crippen molar-refractivity contribution >= 4 is 46.9 Å². The molecule has 10 heteroatoms. The number of hydrogen-bond donors (Lipinski definition) is 1. The van der Waals surface area contributed by atoms with Gasteiger partial charge in [0.1, 0.15) is 6.61 Å². The van der Waals surface area contributed by atoms with Crippen LogP contribution in [0.2, 0.25) is 15.1 Å². The SMILES string of the molecule is CCOc1cc(/C=N/NC(=O)CN2CCOCC2)cc(Cl)c1OCc1ccc(Cl)c(Cl)c1. The Labute approximate surface area is 202 Å². The van der Waals surface area contributed by atoms with Gasteiger partial charge in [-0.3, -0.25) is 9.69 Å². The molecule has 1 heterocycles. The summed E-state index contributed by atoms with van der Waals surface area (Å²) in [5, 5.41) is 5.31. The highest BCUT2D eigenvalue weighted by Crippen LogP contribution is 2.37. The van der Waals surface area contributed by atoms with Crippen molar-refractivity contribution in [2.24, 2.45) is 5.10 Å². The topological polar surface area (TPSA) is 72.4 Å². The molecule has 0 unspecified atom stereocenters. The number of carbonyl (C=O) groups excluding carboxylic acids is 1. The Morgan fingerprint density at radius 3 is 2.62 bits per heavy atom. The predicted molar refractivity (Wildman–Crippen MR) is 126 cm³/mol. The smallest absolute Gasteiger partial charge is 0.254 e. The van der Waals surface area contributed by atoms with E-state index in [2.05, 4.69) is 10.5 Å². The molecule has 3 rings (SSSR count). The van der Waals surface area contributed by atoms with Crippen LogP contribution in [0, 0.1) is 0 Å². The Bertz CT molecular complexity index is 966. The number of benzene rings is 2. The largest absolute Gasteiger partial charge is 0.490 e. The van der Waals surface area contributed by atoms with Gasteiger partial charge in [-0.1, -0.05) is 40.9 Å². The van der Waals surface area contributed by atoms with Gasteiger partial charge in [-0.25, -0.2) is 5.43 Å². The number of halogens is 3. The predicted octanol–water partition coefficient (Wildman–Crippen LogP) is 4.41. The van der Waals surface area contributed by atoms with Crippen LogP contribution < -0.4 is 14.9 Å². The first-order chi connectivity index (χ1) is 15.5. The Morgan fingerprint density at radius 1 is 1.12 bits per heavy atom. The molecule has 172 valence electrons. The molecule has 0 saturated carbocycles. The lowest BCUT2D eigenvalue weighted by atomic mass is 10.2. The van der Waals surface area contributed by atoms with Crippen LogP contribution in [0.3, 0.4) is 0 Å². The van der Waals surface area contributed by atoms with E-state index in [0.29, 0.717) is 52.0 Å². The van der Waals surface area contributed by atoms with Crippen molar-refractivity contribution in [3.63, 3.8) is 0 Å². The molecule has 0 aromatic heterocycles. The summed E-state index contributed by atoms with van der Waals surface area (Å²) in [5.41, 5.74) is 4.03. The number of hydrogen-bond acceptors (Lipinski definition) is 6. The lowest BCUT2D eigenvalue weighted by Gasteiger charge is -2.25. The number of carbonyl (C=O) groups is 1. The first-order valence-electron chi connectivity index (χ1n) is 10.1. The second-order valence-corrected chi connectivity index (χ2v) is 8.20. The molecule has 1 aliphatic rings. The molecule has 0 spiro atoms. The minimum Gasteiger partial charge on any atom is -0.490 e. The lowest BCUT2D eigenvalue weighted by molar-refractivity contribution is -0.123. The number of hydrazone groups is 1. The second kappa shape index (κ2) is 12.3. The first-order valence-corrected chi connectivity index (χ1v) is 11.2. The van der Waals surface area contributed by atoms with Crippen molar-refractivity contribution in [2.45, 2.75) is 13.5 Å². The Morgan fingerprint density at radius 2 is 1.91 bits per heavy atom. The van der Waals surface area contributed by atoms with Crippen molar-refractivity contribution in [1.82, 2.24) is 10.3 Å². The standard InChI is InChI=1S/C22H24Cl3N3O4/c1-2-31-20-11-16(12-26-27-21(29)13-28-5-7-30-8-6-28)10-19(25)22(20)32-14-15-3-4-17(23)18(24)9-15/h3-4,9-12H,2,5-8,13-14H2,1H3,(H,27,29)/b26-12+. The number of nitrogens with one attached hydrogen (secondary N) is 1. The van der Waals surface area contributed by atoms with Crippen molar-refractivity contribution < 1.29 is 19.0 Å². The summed E-state index contributed by atoms with van der Waals surface area (Å²) in [6.07, 6.45) is 1.51. The molecule has 7 nitrogen and oxygen atoms in total. The quantitative estimate of drug-likeness (QED) is 0.408. The zero-order valence-electron chi connectivity index (χ0n) is 17.6. The fourth-order valence-electron chi connectivity index (χ4n) is 3.03. The minimum atomic E-state index is -0.194. The summed E-state index contributed by atoms with van der Waals surface area (Å²) >= 11 is 18.5. The molecule has 0 radical (unpaired) electrons. The molecule has 1 fully saturated rings. The third-order valence-electron chi connectivity index (χ3n) is 4.57. The van der Waals surface area contributed by atoms with Crippen molar-refractivity contribution in [2.75, 3.05) is 39.5 Å². The molecule has 1 saturated heterocycles. The molecule has 0 aliphatic carbocycles. The number of ether oxygens (including phenoxy) is 3. The van der Waals surface area contributed by atoms with Gasteiger partial charge in [-0.15, -0.1) is 0 Å². The van der Waals surface area contributed by atoms with Gasteiger partial charge in [-0.05, 0) is 42.3 Å². The van der Waals surface area contributed by atoms with Crippen molar-refractivity contribution in [3.05, 3.63) is 56.5 Å². The van der Waals surface area contributed by atoms with Crippen molar-refractivity contribution in [1.29, 1.82) is 0 Å². The third-order valence-corrected chi connectivity index (χ3v) is 5.59. The van der Waals surface area contributed by atoms with Crippen LogP contribution in [0.5, 0.6) is 11.5 Å². The summed E-state index contributed by atoms with van der Waals surface area (Å²) in [6, 6.07) is 8.70. The summed E-state index contributed by atoms with van der Waals surface area (Å²) in [5.74, 6) is 0.690. The molecule has 0 bridgehead atoms.